The summed E-state index contributed by atoms with van der Waals surface area (Å²) in [4.78, 5) is 13.0. The zero-order valence-electron chi connectivity index (χ0n) is 18.3. The minimum absolute atomic E-state index is 0.106. The summed E-state index contributed by atoms with van der Waals surface area (Å²) in [5, 5.41) is 2.85. The number of rotatable bonds is 8. The van der Waals surface area contributed by atoms with Crippen LogP contribution in [0.25, 0.3) is 0 Å². The summed E-state index contributed by atoms with van der Waals surface area (Å²) in [5.41, 5.74) is 1.94. The van der Waals surface area contributed by atoms with E-state index in [0.717, 1.165) is 5.56 Å². The van der Waals surface area contributed by atoms with Crippen molar-refractivity contribution in [2.45, 2.75) is 25.3 Å². The fourth-order valence-electron chi connectivity index (χ4n) is 3.71. The lowest BCUT2D eigenvalue weighted by Crippen LogP contribution is -2.50. The van der Waals surface area contributed by atoms with Crippen LogP contribution in [0.3, 0.4) is 0 Å². The molecule has 8 heteroatoms. The monoisotopic (exact) mass is 466 g/mol. The first-order chi connectivity index (χ1) is 16.0. The molecule has 0 saturated carbocycles. The predicted octanol–water partition coefficient (Wildman–Crippen LogP) is 3.50. The van der Waals surface area contributed by atoms with E-state index >= 15 is 0 Å². The van der Waals surface area contributed by atoms with Crippen molar-refractivity contribution in [3.63, 3.8) is 0 Å². The summed E-state index contributed by atoms with van der Waals surface area (Å²) in [7, 11) is -3.74. The summed E-state index contributed by atoms with van der Waals surface area (Å²) in [6.07, 6.45) is -0.982. The van der Waals surface area contributed by atoms with Crippen LogP contribution in [0, 0.1) is 0 Å². The fourth-order valence-corrected chi connectivity index (χ4v) is 5.29. The van der Waals surface area contributed by atoms with Gasteiger partial charge in [0.25, 0.3) is 5.91 Å². The van der Waals surface area contributed by atoms with Gasteiger partial charge in [0.05, 0.1) is 24.6 Å². The molecular formula is C25H26N2O5S. The lowest BCUT2D eigenvalue weighted by atomic mass is 10.2. The van der Waals surface area contributed by atoms with E-state index in [2.05, 4.69) is 5.32 Å². The van der Waals surface area contributed by atoms with E-state index in [1.165, 1.54) is 4.31 Å². The van der Waals surface area contributed by atoms with Crippen molar-refractivity contribution in [3.8, 4) is 11.5 Å². The molecule has 1 heterocycles. The van der Waals surface area contributed by atoms with Crippen LogP contribution in [0.2, 0.25) is 0 Å². The second kappa shape index (κ2) is 9.95. The second-order valence-electron chi connectivity index (χ2n) is 7.61. The highest BCUT2D eigenvalue weighted by Crippen LogP contribution is 2.35. The molecule has 3 aromatic rings. The summed E-state index contributed by atoms with van der Waals surface area (Å²) in [6, 6.07) is 23.3. The molecule has 4 rings (SSSR count). The Balaban J connectivity index is 1.53. The van der Waals surface area contributed by atoms with Gasteiger partial charge in [-0.3, -0.25) is 9.10 Å². The number of sulfonamides is 1. The Bertz CT molecular complexity index is 1210. The number of nitrogens with zero attached hydrogens (tertiary/aromatic N) is 1. The number of ether oxygens (including phenoxy) is 2. The average molecular weight is 467 g/mol. The minimum Gasteiger partial charge on any atom is -0.494 e. The van der Waals surface area contributed by atoms with Crippen molar-refractivity contribution in [3.05, 3.63) is 90.0 Å². The number of fused-ring (bicyclic) bond motifs is 1. The topological polar surface area (TPSA) is 84.9 Å². The van der Waals surface area contributed by atoms with Crippen molar-refractivity contribution < 1.29 is 22.7 Å². The van der Waals surface area contributed by atoms with Crippen LogP contribution in [0.15, 0.2) is 78.9 Å². The van der Waals surface area contributed by atoms with Gasteiger partial charge in [-0.2, -0.15) is 0 Å². The Morgan fingerprint density at radius 2 is 1.73 bits per heavy atom. The Hall–Kier alpha value is -3.52. The number of amides is 1. The number of carbonyl (C=O) groups is 1. The Morgan fingerprint density at radius 1 is 1.03 bits per heavy atom. The highest BCUT2D eigenvalue weighted by molar-refractivity contribution is 7.92. The summed E-state index contributed by atoms with van der Waals surface area (Å²) >= 11 is 0. The van der Waals surface area contributed by atoms with Crippen molar-refractivity contribution in [2.24, 2.45) is 0 Å². The zero-order valence-corrected chi connectivity index (χ0v) is 19.1. The van der Waals surface area contributed by atoms with E-state index in [4.69, 9.17) is 9.47 Å². The molecule has 0 fully saturated rings. The van der Waals surface area contributed by atoms with E-state index in [0.29, 0.717) is 29.4 Å². The third kappa shape index (κ3) is 5.28. The maximum atomic E-state index is 13.3. The molecule has 1 unspecified atom stereocenters. The third-order valence-corrected chi connectivity index (χ3v) is 7.00. The first-order valence-electron chi connectivity index (χ1n) is 10.8. The molecule has 7 nitrogen and oxygen atoms in total. The Morgan fingerprint density at radius 3 is 2.52 bits per heavy atom. The molecule has 1 N–H and O–H groups in total. The van der Waals surface area contributed by atoms with Gasteiger partial charge in [-0.25, -0.2) is 8.42 Å². The van der Waals surface area contributed by atoms with Gasteiger partial charge in [0.2, 0.25) is 10.0 Å². The van der Waals surface area contributed by atoms with Gasteiger partial charge in [0, 0.05) is 12.1 Å². The molecule has 0 bridgehead atoms. The van der Waals surface area contributed by atoms with Crippen LogP contribution in [0.1, 0.15) is 18.1 Å². The first-order valence-corrected chi connectivity index (χ1v) is 12.4. The number of nitrogens with one attached hydrogen (secondary N) is 1. The molecule has 1 atom stereocenters. The Kier molecular flexibility index (Phi) is 6.84. The van der Waals surface area contributed by atoms with Gasteiger partial charge < -0.3 is 14.8 Å². The molecule has 0 radical (unpaired) electrons. The molecule has 0 saturated heterocycles. The van der Waals surface area contributed by atoms with Crippen molar-refractivity contribution in [1.29, 1.82) is 0 Å². The highest BCUT2D eigenvalue weighted by Gasteiger charge is 2.36. The molecular weight excluding hydrogens is 440 g/mol. The summed E-state index contributed by atoms with van der Waals surface area (Å²) < 4.78 is 39.4. The van der Waals surface area contributed by atoms with Crippen molar-refractivity contribution in [1.82, 2.24) is 5.32 Å². The van der Waals surface area contributed by atoms with E-state index < -0.39 is 22.0 Å². The van der Waals surface area contributed by atoms with E-state index in [-0.39, 0.29) is 18.8 Å². The van der Waals surface area contributed by atoms with Crippen LogP contribution in [0.4, 0.5) is 5.69 Å². The molecule has 0 spiro atoms. The van der Waals surface area contributed by atoms with E-state index in [1.54, 1.807) is 48.5 Å². The standard InChI is InChI=1S/C25H26N2O5S/c1-2-31-22-14-8-6-12-20(22)16-26-25(28)24-17-27(21-13-7-9-15-23(21)32-24)33(29,30)18-19-10-4-3-5-11-19/h3-15,24H,2,16-18H2,1H3,(H,26,28). The van der Waals surface area contributed by atoms with Crippen LogP contribution < -0.4 is 19.1 Å². The molecule has 3 aromatic carbocycles. The minimum atomic E-state index is -3.74. The second-order valence-corrected chi connectivity index (χ2v) is 9.50. The van der Waals surface area contributed by atoms with E-state index in [9.17, 15) is 13.2 Å². The molecule has 172 valence electrons. The van der Waals surface area contributed by atoms with Gasteiger partial charge in [-0.15, -0.1) is 0 Å². The molecule has 1 aliphatic heterocycles. The molecule has 0 aromatic heterocycles. The maximum Gasteiger partial charge on any atom is 0.263 e. The third-order valence-electron chi connectivity index (χ3n) is 5.28. The van der Waals surface area contributed by atoms with Crippen LogP contribution in [-0.2, 0) is 27.1 Å². The quantitative estimate of drug-likeness (QED) is 0.549. The lowest BCUT2D eigenvalue weighted by molar-refractivity contribution is -0.127. The van der Waals surface area contributed by atoms with Crippen LogP contribution in [0.5, 0.6) is 11.5 Å². The largest absolute Gasteiger partial charge is 0.494 e. The van der Waals surface area contributed by atoms with Crippen LogP contribution in [-0.4, -0.2) is 33.6 Å². The van der Waals surface area contributed by atoms with Gasteiger partial charge in [0.1, 0.15) is 11.5 Å². The first kappa shape index (κ1) is 22.7. The smallest absolute Gasteiger partial charge is 0.263 e. The normalized spacial score (nSPS) is 15.3. The summed E-state index contributed by atoms with van der Waals surface area (Å²) in [6.45, 7) is 2.55. The fraction of sp³-hybridized carbons (Fsp3) is 0.240. The van der Waals surface area contributed by atoms with E-state index in [1.807, 2.05) is 37.3 Å². The van der Waals surface area contributed by atoms with Gasteiger partial charge >= 0.3 is 0 Å². The van der Waals surface area contributed by atoms with Gasteiger partial charge in [0.15, 0.2) is 6.10 Å². The van der Waals surface area contributed by atoms with Gasteiger partial charge in [-0.1, -0.05) is 60.7 Å². The Labute approximate surface area is 194 Å². The number of anilines is 1. The lowest BCUT2D eigenvalue weighted by Gasteiger charge is -2.34. The molecule has 1 aliphatic rings. The highest BCUT2D eigenvalue weighted by atomic mass is 32.2. The molecule has 33 heavy (non-hydrogen) atoms. The number of benzene rings is 3. The van der Waals surface area contributed by atoms with Gasteiger partial charge in [-0.05, 0) is 30.7 Å². The zero-order chi connectivity index (χ0) is 23.3. The average Bonchev–Trinajstić information content (AvgIpc) is 2.83. The SMILES string of the molecule is CCOc1ccccc1CNC(=O)C1CN(S(=O)(=O)Cc2ccccc2)c2ccccc2O1. The number of hydrogen-bond donors (Lipinski definition) is 1. The van der Waals surface area contributed by atoms with Crippen molar-refractivity contribution >= 4 is 21.6 Å². The van der Waals surface area contributed by atoms with Crippen molar-refractivity contribution in [2.75, 3.05) is 17.5 Å². The van der Waals surface area contributed by atoms with Crippen LogP contribution >= 0.6 is 0 Å². The summed E-state index contributed by atoms with van der Waals surface area (Å²) in [5.74, 6) is 0.492. The molecule has 0 aliphatic carbocycles. The number of carbonyl (C=O) groups excluding carboxylic acids is 1. The number of hydrogen-bond acceptors (Lipinski definition) is 5. The maximum absolute atomic E-state index is 13.3. The number of para-hydroxylation sites is 3. The predicted molar refractivity (Wildman–Crippen MR) is 127 cm³/mol. The molecule has 1 amide bonds.